The van der Waals surface area contributed by atoms with Crippen LogP contribution in [-0.4, -0.2) is 64.3 Å². The number of ether oxygens (including phenoxy) is 2. The molecule has 134 valence electrons. The molecule has 1 unspecified atom stereocenters. The van der Waals surface area contributed by atoms with Crippen molar-refractivity contribution in [1.29, 1.82) is 0 Å². The van der Waals surface area contributed by atoms with Gasteiger partial charge in [-0.2, -0.15) is 4.31 Å². The zero-order valence-electron chi connectivity index (χ0n) is 14.0. The molecule has 1 aliphatic rings. The van der Waals surface area contributed by atoms with Gasteiger partial charge >= 0.3 is 0 Å². The van der Waals surface area contributed by atoms with E-state index < -0.39 is 10.0 Å². The third kappa shape index (κ3) is 5.47. The highest BCUT2D eigenvalue weighted by Gasteiger charge is 2.24. The fraction of sp³-hybridized carbons (Fsp3) is 0.562. The summed E-state index contributed by atoms with van der Waals surface area (Å²) >= 11 is 0. The van der Waals surface area contributed by atoms with Crippen LogP contribution in [0.1, 0.15) is 23.2 Å². The first kappa shape index (κ1) is 18.7. The molecule has 1 aliphatic heterocycles. The molecule has 1 fully saturated rings. The summed E-state index contributed by atoms with van der Waals surface area (Å²) in [6.07, 6.45) is 2.93. The van der Waals surface area contributed by atoms with Gasteiger partial charge in [0.25, 0.3) is 5.91 Å². The number of benzene rings is 1. The minimum absolute atomic E-state index is 0.0613. The molecular weight excluding hydrogens is 332 g/mol. The van der Waals surface area contributed by atoms with Crippen LogP contribution in [0.5, 0.6) is 5.75 Å². The van der Waals surface area contributed by atoms with E-state index >= 15 is 0 Å². The summed E-state index contributed by atoms with van der Waals surface area (Å²) in [4.78, 5) is 12.1. The lowest BCUT2D eigenvalue weighted by atomic mass is 10.2. The van der Waals surface area contributed by atoms with Gasteiger partial charge in [0, 0.05) is 31.8 Å². The largest absolute Gasteiger partial charge is 0.497 e. The molecule has 0 aliphatic carbocycles. The molecule has 8 heteroatoms. The van der Waals surface area contributed by atoms with E-state index in [1.54, 1.807) is 24.3 Å². The van der Waals surface area contributed by atoms with Gasteiger partial charge in [0.2, 0.25) is 10.0 Å². The second kappa shape index (κ2) is 8.46. The topological polar surface area (TPSA) is 84.9 Å². The number of amides is 1. The van der Waals surface area contributed by atoms with Crippen LogP contribution in [0.4, 0.5) is 0 Å². The predicted octanol–water partition coefficient (Wildman–Crippen LogP) is 0.866. The number of hydrogen-bond donors (Lipinski definition) is 1. The van der Waals surface area contributed by atoms with Crippen molar-refractivity contribution in [3.8, 4) is 5.75 Å². The molecule has 0 bridgehead atoms. The number of carbonyl (C=O) groups excluding carboxylic acids is 1. The lowest BCUT2D eigenvalue weighted by molar-refractivity contribution is 0.0910. The van der Waals surface area contributed by atoms with E-state index in [1.165, 1.54) is 17.7 Å². The smallest absolute Gasteiger partial charge is 0.251 e. The molecule has 0 aromatic heterocycles. The van der Waals surface area contributed by atoms with Crippen LogP contribution >= 0.6 is 0 Å². The van der Waals surface area contributed by atoms with Gasteiger partial charge in [-0.05, 0) is 31.0 Å². The van der Waals surface area contributed by atoms with Gasteiger partial charge in [0.1, 0.15) is 5.75 Å². The average Bonchev–Trinajstić information content (AvgIpc) is 3.06. The molecule has 0 spiro atoms. The average molecular weight is 356 g/mol. The van der Waals surface area contributed by atoms with Crippen LogP contribution in [0.15, 0.2) is 24.3 Å². The first-order valence-corrected chi connectivity index (χ1v) is 9.74. The van der Waals surface area contributed by atoms with Crippen molar-refractivity contribution in [2.75, 3.05) is 39.6 Å². The Labute approximate surface area is 143 Å². The minimum Gasteiger partial charge on any atom is -0.497 e. The van der Waals surface area contributed by atoms with Gasteiger partial charge in [0.15, 0.2) is 0 Å². The third-order valence-corrected chi connectivity index (χ3v) is 5.15. The van der Waals surface area contributed by atoms with Crippen molar-refractivity contribution in [2.45, 2.75) is 18.9 Å². The number of rotatable bonds is 8. The van der Waals surface area contributed by atoms with Gasteiger partial charge < -0.3 is 14.8 Å². The molecule has 1 amide bonds. The quantitative estimate of drug-likeness (QED) is 0.747. The monoisotopic (exact) mass is 356 g/mol. The number of methoxy groups -OCH3 is 1. The van der Waals surface area contributed by atoms with Gasteiger partial charge in [-0.1, -0.05) is 6.07 Å². The van der Waals surface area contributed by atoms with E-state index in [-0.39, 0.29) is 25.1 Å². The maximum absolute atomic E-state index is 12.1. The van der Waals surface area contributed by atoms with E-state index in [4.69, 9.17) is 9.47 Å². The second-order valence-corrected chi connectivity index (χ2v) is 7.73. The zero-order valence-corrected chi connectivity index (χ0v) is 14.8. The highest BCUT2D eigenvalue weighted by molar-refractivity contribution is 7.88. The van der Waals surface area contributed by atoms with Gasteiger partial charge in [0.05, 0.1) is 19.5 Å². The third-order valence-electron chi connectivity index (χ3n) is 3.88. The zero-order chi connectivity index (χ0) is 17.6. The first-order valence-electron chi connectivity index (χ1n) is 7.89. The molecule has 1 N–H and O–H groups in total. The van der Waals surface area contributed by atoms with Crippen LogP contribution in [0.2, 0.25) is 0 Å². The summed E-state index contributed by atoms with van der Waals surface area (Å²) in [6.45, 7) is 1.45. The second-order valence-electron chi connectivity index (χ2n) is 5.74. The van der Waals surface area contributed by atoms with Crippen molar-refractivity contribution in [2.24, 2.45) is 0 Å². The highest BCUT2D eigenvalue weighted by Crippen LogP contribution is 2.15. The number of carbonyl (C=O) groups is 1. The van der Waals surface area contributed by atoms with Crippen LogP contribution < -0.4 is 10.1 Å². The Kier molecular flexibility index (Phi) is 6.59. The van der Waals surface area contributed by atoms with Crippen molar-refractivity contribution in [3.63, 3.8) is 0 Å². The van der Waals surface area contributed by atoms with Crippen LogP contribution in [0.25, 0.3) is 0 Å². The van der Waals surface area contributed by atoms with E-state index in [2.05, 4.69) is 5.32 Å². The number of hydrogen-bond acceptors (Lipinski definition) is 5. The van der Waals surface area contributed by atoms with Crippen LogP contribution in [0, 0.1) is 0 Å². The number of nitrogens with one attached hydrogen (secondary N) is 1. The predicted molar refractivity (Wildman–Crippen MR) is 90.7 cm³/mol. The van der Waals surface area contributed by atoms with Crippen molar-refractivity contribution in [3.05, 3.63) is 29.8 Å². The van der Waals surface area contributed by atoms with Gasteiger partial charge in [-0.3, -0.25) is 4.79 Å². The Morgan fingerprint density at radius 1 is 1.46 bits per heavy atom. The van der Waals surface area contributed by atoms with Crippen LogP contribution in [0.3, 0.4) is 0 Å². The molecule has 1 heterocycles. The molecule has 2 rings (SSSR count). The normalized spacial score (nSPS) is 17.9. The molecule has 1 atom stereocenters. The number of sulfonamides is 1. The summed E-state index contributed by atoms with van der Waals surface area (Å²) in [5, 5.41) is 2.74. The molecule has 1 aromatic rings. The fourth-order valence-electron chi connectivity index (χ4n) is 2.57. The molecule has 0 radical (unpaired) electrons. The summed E-state index contributed by atoms with van der Waals surface area (Å²) in [5.41, 5.74) is 0.472. The summed E-state index contributed by atoms with van der Waals surface area (Å²) in [5.74, 6) is 0.332. The summed E-state index contributed by atoms with van der Waals surface area (Å²) < 4.78 is 35.7. The summed E-state index contributed by atoms with van der Waals surface area (Å²) in [7, 11) is -1.81. The Bertz CT molecular complexity index is 656. The minimum atomic E-state index is -3.34. The molecular formula is C16H24N2O5S. The molecule has 1 aromatic carbocycles. The fourth-order valence-corrected chi connectivity index (χ4v) is 3.43. The molecule has 24 heavy (non-hydrogen) atoms. The van der Waals surface area contributed by atoms with E-state index in [1.807, 2.05) is 0 Å². The Balaban J connectivity index is 1.88. The highest BCUT2D eigenvalue weighted by atomic mass is 32.2. The molecule has 7 nitrogen and oxygen atoms in total. The Hall–Kier alpha value is -1.64. The van der Waals surface area contributed by atoms with Crippen molar-refractivity contribution < 1.29 is 22.7 Å². The van der Waals surface area contributed by atoms with Crippen molar-refractivity contribution >= 4 is 15.9 Å². The first-order chi connectivity index (χ1) is 11.4. The maximum Gasteiger partial charge on any atom is 0.251 e. The lowest BCUT2D eigenvalue weighted by Gasteiger charge is -2.23. The standard InChI is InChI=1S/C16H24N2O5S/c1-22-14-6-3-5-13(11-14)16(19)17-8-9-18(24(2,20)21)12-15-7-4-10-23-15/h3,5-6,11,15H,4,7-10,12H2,1-2H3,(H,17,19). The Morgan fingerprint density at radius 3 is 2.88 bits per heavy atom. The Morgan fingerprint density at radius 2 is 2.25 bits per heavy atom. The van der Waals surface area contributed by atoms with E-state index in [0.29, 0.717) is 24.5 Å². The van der Waals surface area contributed by atoms with Gasteiger partial charge in [-0.25, -0.2) is 8.42 Å². The molecule has 0 saturated carbocycles. The van der Waals surface area contributed by atoms with E-state index in [0.717, 1.165) is 12.8 Å². The molecule has 1 saturated heterocycles. The van der Waals surface area contributed by atoms with Crippen molar-refractivity contribution in [1.82, 2.24) is 9.62 Å². The maximum atomic E-state index is 12.1. The number of nitrogens with zero attached hydrogens (tertiary/aromatic N) is 1. The summed E-state index contributed by atoms with van der Waals surface area (Å²) in [6, 6.07) is 6.80. The lowest BCUT2D eigenvalue weighted by Crippen LogP contribution is -2.41. The SMILES string of the molecule is COc1cccc(C(=O)NCCN(CC2CCCO2)S(C)(=O)=O)c1. The van der Waals surface area contributed by atoms with E-state index in [9.17, 15) is 13.2 Å². The van der Waals surface area contributed by atoms with Crippen LogP contribution in [-0.2, 0) is 14.8 Å². The van der Waals surface area contributed by atoms with Gasteiger partial charge in [-0.15, -0.1) is 0 Å².